The quantitative estimate of drug-likeness (QED) is 0.581. The Morgan fingerprint density at radius 1 is 1.19 bits per heavy atom. The number of nitrogens with one attached hydrogen (secondary N) is 1. The van der Waals surface area contributed by atoms with Gasteiger partial charge in [-0.3, -0.25) is 14.6 Å². The largest absolute Gasteiger partial charge is 0.382 e. The lowest BCUT2D eigenvalue weighted by atomic mass is 9.97. The number of piperazine rings is 1. The van der Waals surface area contributed by atoms with Crippen LogP contribution in [-0.2, 0) is 6.54 Å². The molecule has 2 aliphatic rings. The molecule has 1 aromatic carbocycles. The van der Waals surface area contributed by atoms with Crippen LogP contribution in [0, 0.1) is 12.7 Å². The van der Waals surface area contributed by atoms with Crippen LogP contribution in [0.15, 0.2) is 18.2 Å². The Morgan fingerprint density at radius 3 is 2.61 bits per heavy atom. The molecule has 0 saturated carbocycles. The monoisotopic (exact) mass is 517 g/mol. The zero-order valence-corrected chi connectivity index (χ0v) is 22.2. The van der Waals surface area contributed by atoms with Crippen LogP contribution in [-0.4, -0.2) is 77.0 Å². The maximum Gasteiger partial charge on any atom is 0.273 e. The van der Waals surface area contributed by atoms with Gasteiger partial charge in [0, 0.05) is 50.4 Å². The Kier molecular flexibility index (Phi) is 8.64. The van der Waals surface area contributed by atoms with Crippen LogP contribution in [0.2, 0.25) is 5.15 Å². The molecule has 10 heteroatoms. The SMILES string of the molecule is CCNC(=O)c1nc(Cl)c(N2CCN(C3CCN(Cc4ccc(C)cc4F)CC3)[C@@H](CC)C2)nc1N. The third-order valence-electron chi connectivity index (χ3n) is 7.34. The molecule has 0 bridgehead atoms. The van der Waals surface area contributed by atoms with Gasteiger partial charge in [-0.25, -0.2) is 14.4 Å². The van der Waals surface area contributed by atoms with Crippen molar-refractivity contribution in [1.82, 2.24) is 25.1 Å². The van der Waals surface area contributed by atoms with Gasteiger partial charge >= 0.3 is 0 Å². The molecule has 0 spiro atoms. The molecular formula is C26H37ClFN7O. The Hall–Kier alpha value is -2.49. The molecule has 1 aromatic heterocycles. The summed E-state index contributed by atoms with van der Waals surface area (Å²) in [5, 5.41) is 2.89. The normalized spacial score (nSPS) is 20.0. The lowest BCUT2D eigenvalue weighted by Crippen LogP contribution is -2.58. The van der Waals surface area contributed by atoms with Gasteiger partial charge in [0.1, 0.15) is 5.82 Å². The van der Waals surface area contributed by atoms with Crippen LogP contribution >= 0.6 is 11.6 Å². The predicted molar refractivity (Wildman–Crippen MR) is 142 cm³/mol. The number of rotatable bonds is 7. The standard InChI is InChI=1S/C26H37ClFN7O/c1-4-19-16-34(25-23(27)31-22(24(29)32-25)26(36)30-5-2)12-13-35(19)20-8-10-33(11-9-20)15-18-7-6-17(3)14-21(18)28/h6-7,14,19-20H,4-5,8-13,15-16H2,1-3H3,(H2,29,32)(H,30,36)/t19-/m0/s1. The molecule has 196 valence electrons. The van der Waals surface area contributed by atoms with Gasteiger partial charge in [-0.2, -0.15) is 0 Å². The summed E-state index contributed by atoms with van der Waals surface area (Å²) in [6.07, 6.45) is 3.14. The number of likely N-dealkylation sites (tertiary alicyclic amines) is 1. The highest BCUT2D eigenvalue weighted by atomic mass is 35.5. The number of nitrogens with zero attached hydrogens (tertiary/aromatic N) is 5. The van der Waals surface area contributed by atoms with Gasteiger partial charge in [0.2, 0.25) is 0 Å². The number of hydrogen-bond acceptors (Lipinski definition) is 7. The average molecular weight is 518 g/mol. The molecule has 0 radical (unpaired) electrons. The van der Waals surface area contributed by atoms with Crippen LogP contribution in [0.4, 0.5) is 16.0 Å². The Balaban J connectivity index is 1.37. The van der Waals surface area contributed by atoms with Crippen molar-refractivity contribution in [2.45, 2.75) is 58.7 Å². The molecule has 1 atom stereocenters. The summed E-state index contributed by atoms with van der Waals surface area (Å²) in [7, 11) is 0. The van der Waals surface area contributed by atoms with E-state index >= 15 is 0 Å². The van der Waals surface area contributed by atoms with Crippen LogP contribution in [0.1, 0.15) is 54.7 Å². The van der Waals surface area contributed by atoms with E-state index in [9.17, 15) is 9.18 Å². The molecule has 3 N–H and O–H groups in total. The molecule has 2 aromatic rings. The maximum atomic E-state index is 14.3. The number of nitrogens with two attached hydrogens (primary N) is 1. The van der Waals surface area contributed by atoms with E-state index in [1.807, 2.05) is 26.0 Å². The van der Waals surface area contributed by atoms with E-state index in [-0.39, 0.29) is 28.4 Å². The minimum absolute atomic E-state index is 0.0635. The van der Waals surface area contributed by atoms with Crippen molar-refractivity contribution in [3.05, 3.63) is 46.0 Å². The average Bonchev–Trinajstić information content (AvgIpc) is 2.87. The van der Waals surface area contributed by atoms with E-state index in [0.717, 1.165) is 63.1 Å². The molecule has 3 heterocycles. The van der Waals surface area contributed by atoms with Gasteiger partial charge in [-0.1, -0.05) is 30.7 Å². The third kappa shape index (κ3) is 5.90. The number of aryl methyl sites for hydroxylation is 1. The first kappa shape index (κ1) is 26.6. The number of carbonyl (C=O) groups is 1. The topological polar surface area (TPSA) is 90.6 Å². The third-order valence-corrected chi connectivity index (χ3v) is 7.60. The summed E-state index contributed by atoms with van der Waals surface area (Å²) in [5.41, 5.74) is 7.85. The summed E-state index contributed by atoms with van der Waals surface area (Å²) in [6.45, 7) is 11.4. The Bertz CT molecular complexity index is 1080. The first-order valence-electron chi connectivity index (χ1n) is 12.9. The number of aromatic nitrogens is 2. The van der Waals surface area contributed by atoms with Gasteiger partial charge in [0.05, 0.1) is 0 Å². The van der Waals surface area contributed by atoms with Crippen molar-refractivity contribution >= 4 is 29.1 Å². The first-order chi connectivity index (χ1) is 17.3. The second-order valence-corrected chi connectivity index (χ2v) is 10.1. The van der Waals surface area contributed by atoms with E-state index in [4.69, 9.17) is 17.3 Å². The fourth-order valence-electron chi connectivity index (χ4n) is 5.37. The molecule has 4 rings (SSSR count). The van der Waals surface area contributed by atoms with E-state index in [2.05, 4.69) is 36.9 Å². The van der Waals surface area contributed by atoms with Gasteiger partial charge in [-0.15, -0.1) is 0 Å². The number of amides is 1. The lowest BCUT2D eigenvalue weighted by Gasteiger charge is -2.47. The molecule has 2 aliphatic heterocycles. The van der Waals surface area contributed by atoms with Gasteiger partial charge in [0.25, 0.3) is 5.91 Å². The molecule has 2 fully saturated rings. The number of anilines is 2. The molecule has 0 unspecified atom stereocenters. The maximum absolute atomic E-state index is 14.3. The van der Waals surface area contributed by atoms with E-state index < -0.39 is 0 Å². The second kappa shape index (κ2) is 11.7. The summed E-state index contributed by atoms with van der Waals surface area (Å²) >= 11 is 6.46. The first-order valence-corrected chi connectivity index (χ1v) is 13.3. The molecule has 8 nitrogen and oxygen atoms in total. The highest BCUT2D eigenvalue weighted by Gasteiger charge is 2.34. The van der Waals surface area contributed by atoms with Crippen molar-refractivity contribution in [3.8, 4) is 0 Å². The summed E-state index contributed by atoms with van der Waals surface area (Å²) < 4.78 is 14.3. The number of benzene rings is 1. The smallest absolute Gasteiger partial charge is 0.273 e. The molecule has 1 amide bonds. The highest BCUT2D eigenvalue weighted by molar-refractivity contribution is 6.32. The molecule has 0 aliphatic carbocycles. The van der Waals surface area contributed by atoms with Crippen molar-refractivity contribution < 1.29 is 9.18 Å². The van der Waals surface area contributed by atoms with Crippen molar-refractivity contribution in [3.63, 3.8) is 0 Å². The summed E-state index contributed by atoms with van der Waals surface area (Å²) in [4.78, 5) is 28.0. The second-order valence-electron chi connectivity index (χ2n) is 9.78. The summed E-state index contributed by atoms with van der Waals surface area (Å²) in [5.74, 6) is 0.146. The van der Waals surface area contributed by atoms with Gasteiger partial charge in [0.15, 0.2) is 22.5 Å². The van der Waals surface area contributed by atoms with E-state index in [0.29, 0.717) is 31.0 Å². The van der Waals surface area contributed by atoms with Crippen molar-refractivity contribution in [2.24, 2.45) is 0 Å². The van der Waals surface area contributed by atoms with Crippen molar-refractivity contribution in [1.29, 1.82) is 0 Å². The molecule has 2 saturated heterocycles. The minimum atomic E-state index is -0.372. The predicted octanol–water partition coefficient (Wildman–Crippen LogP) is 3.47. The fraction of sp³-hybridized carbons (Fsp3) is 0.577. The van der Waals surface area contributed by atoms with Crippen LogP contribution in [0.25, 0.3) is 0 Å². The molecular weight excluding hydrogens is 481 g/mol. The molecule has 36 heavy (non-hydrogen) atoms. The van der Waals surface area contributed by atoms with Crippen LogP contribution in [0.5, 0.6) is 0 Å². The van der Waals surface area contributed by atoms with Crippen LogP contribution in [0.3, 0.4) is 0 Å². The van der Waals surface area contributed by atoms with Gasteiger partial charge < -0.3 is 16.0 Å². The fourth-order valence-corrected chi connectivity index (χ4v) is 5.61. The van der Waals surface area contributed by atoms with Crippen LogP contribution < -0.4 is 16.0 Å². The zero-order chi connectivity index (χ0) is 25.8. The van der Waals surface area contributed by atoms with E-state index in [1.54, 1.807) is 6.07 Å². The lowest BCUT2D eigenvalue weighted by molar-refractivity contribution is 0.0607. The Labute approximate surface area is 218 Å². The van der Waals surface area contributed by atoms with Crippen molar-refractivity contribution in [2.75, 3.05) is 49.9 Å². The number of hydrogen-bond donors (Lipinski definition) is 2. The van der Waals surface area contributed by atoms with E-state index in [1.165, 1.54) is 0 Å². The summed E-state index contributed by atoms with van der Waals surface area (Å²) in [6, 6.07) is 6.36. The minimum Gasteiger partial charge on any atom is -0.382 e. The number of carbonyl (C=O) groups excluding carboxylic acids is 1. The number of piperidine rings is 1. The Morgan fingerprint density at radius 2 is 1.94 bits per heavy atom. The number of halogens is 2. The van der Waals surface area contributed by atoms with Gasteiger partial charge in [-0.05, 0) is 57.8 Å². The highest BCUT2D eigenvalue weighted by Crippen LogP contribution is 2.30. The zero-order valence-electron chi connectivity index (χ0n) is 21.4. The number of nitrogen functional groups attached to an aromatic ring is 1.